The molecule has 0 aliphatic carbocycles. The van der Waals surface area contributed by atoms with Crippen molar-refractivity contribution in [3.63, 3.8) is 0 Å². The van der Waals surface area contributed by atoms with Crippen molar-refractivity contribution in [1.29, 1.82) is 0 Å². The molecule has 1 unspecified atom stereocenters. The number of hydrogen-bond acceptors (Lipinski definition) is 5. The number of benzene rings is 2. The molecular weight excluding hydrogens is 398 g/mol. The Morgan fingerprint density at radius 2 is 1.90 bits per heavy atom. The number of ether oxygens (including phenoxy) is 1. The number of carbonyl (C=O) groups is 2. The molecule has 0 aliphatic heterocycles. The van der Waals surface area contributed by atoms with Crippen molar-refractivity contribution >= 4 is 34.1 Å². The number of aromatic nitrogens is 2. The third-order valence-corrected chi connectivity index (χ3v) is 5.64. The zero-order valence-corrected chi connectivity index (χ0v) is 17.2. The minimum Gasteiger partial charge on any atom is -0.458 e. The number of carbonyl (C=O) groups excluding carboxylic acids is 2. The fraction of sp³-hybridized carbons (Fsp3) is 0.174. The van der Waals surface area contributed by atoms with Crippen LogP contribution < -0.4 is 5.32 Å². The van der Waals surface area contributed by atoms with Crippen LogP contribution in [0, 0.1) is 0 Å². The average Bonchev–Trinajstić information content (AvgIpc) is 3.39. The predicted molar refractivity (Wildman–Crippen MR) is 117 cm³/mol. The maximum Gasteiger partial charge on any atom is 0.329 e. The Kier molecular flexibility index (Phi) is 5.90. The van der Waals surface area contributed by atoms with E-state index in [2.05, 4.69) is 15.3 Å². The van der Waals surface area contributed by atoms with Crippen LogP contribution in [0.2, 0.25) is 0 Å². The van der Waals surface area contributed by atoms with E-state index in [1.54, 1.807) is 0 Å². The van der Waals surface area contributed by atoms with E-state index >= 15 is 0 Å². The Morgan fingerprint density at radius 3 is 2.70 bits per heavy atom. The molecule has 1 amide bonds. The number of fused-ring (bicyclic) bond motifs is 1. The molecule has 2 aromatic carbocycles. The van der Waals surface area contributed by atoms with E-state index < -0.39 is 12.0 Å². The Balaban J connectivity index is 1.44. The molecule has 0 aliphatic rings. The molecule has 0 radical (unpaired) electrons. The van der Waals surface area contributed by atoms with Crippen LogP contribution in [0.5, 0.6) is 0 Å². The van der Waals surface area contributed by atoms with Crippen molar-refractivity contribution in [1.82, 2.24) is 15.3 Å². The first-order chi connectivity index (χ1) is 14.6. The number of aromatic amines is 1. The lowest BCUT2D eigenvalue weighted by Gasteiger charge is -2.16. The standard InChI is InChI=1S/C23H21N3O3S/c1-15(27)25-21(11-17-12-24-20-10-6-5-9-19(17)20)23(28)29-13-18-14-30-22(26-18)16-7-3-2-4-8-16/h2-10,12,14,21,24H,11,13H2,1H3,(H,25,27). The fourth-order valence-electron chi connectivity index (χ4n) is 3.29. The summed E-state index contributed by atoms with van der Waals surface area (Å²) < 4.78 is 5.48. The Bertz CT molecular complexity index is 1170. The topological polar surface area (TPSA) is 84.1 Å². The Hall–Kier alpha value is -3.45. The molecular formula is C23H21N3O3S. The van der Waals surface area contributed by atoms with E-state index in [9.17, 15) is 9.59 Å². The van der Waals surface area contributed by atoms with Gasteiger partial charge in [0.15, 0.2) is 0 Å². The number of hydrogen-bond donors (Lipinski definition) is 2. The molecule has 2 aromatic heterocycles. The van der Waals surface area contributed by atoms with Gasteiger partial charge in [-0.25, -0.2) is 9.78 Å². The highest BCUT2D eigenvalue weighted by atomic mass is 32.1. The lowest BCUT2D eigenvalue weighted by molar-refractivity contribution is -0.149. The zero-order valence-electron chi connectivity index (χ0n) is 16.4. The Labute approximate surface area is 177 Å². The maximum atomic E-state index is 12.7. The summed E-state index contributed by atoms with van der Waals surface area (Å²) in [5, 5.41) is 6.48. The minimum atomic E-state index is -0.770. The van der Waals surface area contributed by atoms with Crippen LogP contribution >= 0.6 is 11.3 Å². The van der Waals surface area contributed by atoms with Gasteiger partial charge in [-0.2, -0.15) is 0 Å². The number of esters is 1. The first-order valence-corrected chi connectivity index (χ1v) is 10.5. The van der Waals surface area contributed by atoms with Gasteiger partial charge in [0.1, 0.15) is 17.7 Å². The first kappa shape index (κ1) is 19.8. The highest BCUT2D eigenvalue weighted by Crippen LogP contribution is 2.24. The molecule has 0 fully saturated rings. The highest BCUT2D eigenvalue weighted by molar-refractivity contribution is 7.13. The molecule has 0 saturated heterocycles. The van der Waals surface area contributed by atoms with Crippen LogP contribution in [0.15, 0.2) is 66.2 Å². The summed E-state index contributed by atoms with van der Waals surface area (Å²) in [5.41, 5.74) is 3.64. The molecule has 2 heterocycles. The van der Waals surface area contributed by atoms with Gasteiger partial charge in [0.2, 0.25) is 5.91 Å². The summed E-state index contributed by atoms with van der Waals surface area (Å²) in [4.78, 5) is 32.1. The van der Waals surface area contributed by atoms with Gasteiger partial charge in [0.25, 0.3) is 0 Å². The molecule has 1 atom stereocenters. The van der Waals surface area contributed by atoms with Gasteiger partial charge in [0.05, 0.1) is 5.69 Å². The van der Waals surface area contributed by atoms with E-state index in [1.807, 2.05) is 66.2 Å². The van der Waals surface area contributed by atoms with Crippen LogP contribution in [-0.4, -0.2) is 27.9 Å². The monoisotopic (exact) mass is 419 g/mol. The number of nitrogens with zero attached hydrogens (tertiary/aromatic N) is 1. The van der Waals surface area contributed by atoms with Gasteiger partial charge in [0, 0.05) is 41.4 Å². The fourth-order valence-corrected chi connectivity index (χ4v) is 4.10. The van der Waals surface area contributed by atoms with E-state index in [1.165, 1.54) is 18.3 Å². The molecule has 30 heavy (non-hydrogen) atoms. The molecule has 4 aromatic rings. The lowest BCUT2D eigenvalue weighted by atomic mass is 10.0. The van der Waals surface area contributed by atoms with E-state index in [0.717, 1.165) is 27.0 Å². The van der Waals surface area contributed by atoms with Crippen LogP contribution in [0.4, 0.5) is 0 Å². The van der Waals surface area contributed by atoms with Crippen LogP contribution in [0.3, 0.4) is 0 Å². The van der Waals surface area contributed by atoms with Gasteiger partial charge in [-0.3, -0.25) is 4.79 Å². The van der Waals surface area contributed by atoms with Crippen molar-refractivity contribution in [2.45, 2.75) is 26.0 Å². The van der Waals surface area contributed by atoms with Crippen LogP contribution in [-0.2, 0) is 27.4 Å². The zero-order chi connectivity index (χ0) is 20.9. The summed E-state index contributed by atoms with van der Waals surface area (Å²) in [6.07, 6.45) is 2.20. The van der Waals surface area contributed by atoms with Crippen LogP contribution in [0.1, 0.15) is 18.2 Å². The maximum absolute atomic E-state index is 12.7. The molecule has 7 heteroatoms. The number of nitrogens with one attached hydrogen (secondary N) is 2. The first-order valence-electron chi connectivity index (χ1n) is 9.58. The third kappa shape index (κ3) is 4.58. The van der Waals surface area contributed by atoms with Crippen molar-refractivity contribution in [3.05, 3.63) is 77.4 Å². The van der Waals surface area contributed by atoms with Gasteiger partial charge < -0.3 is 15.0 Å². The summed E-state index contributed by atoms with van der Waals surface area (Å²) in [7, 11) is 0. The van der Waals surface area contributed by atoms with Gasteiger partial charge in [-0.15, -0.1) is 11.3 Å². The Morgan fingerprint density at radius 1 is 1.13 bits per heavy atom. The molecule has 6 nitrogen and oxygen atoms in total. The molecule has 152 valence electrons. The van der Waals surface area contributed by atoms with Gasteiger partial charge >= 0.3 is 5.97 Å². The summed E-state index contributed by atoms with van der Waals surface area (Å²) in [6, 6.07) is 16.9. The second-order valence-electron chi connectivity index (χ2n) is 6.93. The van der Waals surface area contributed by atoms with Crippen molar-refractivity contribution < 1.29 is 14.3 Å². The smallest absolute Gasteiger partial charge is 0.329 e. The summed E-state index contributed by atoms with van der Waals surface area (Å²) >= 11 is 1.50. The number of para-hydroxylation sites is 1. The number of thiazole rings is 1. The van der Waals surface area contributed by atoms with Crippen molar-refractivity contribution in [3.8, 4) is 10.6 Å². The third-order valence-electron chi connectivity index (χ3n) is 4.70. The summed E-state index contributed by atoms with van der Waals surface area (Å²) in [5.74, 6) is -0.762. The van der Waals surface area contributed by atoms with Gasteiger partial charge in [-0.1, -0.05) is 48.5 Å². The van der Waals surface area contributed by atoms with Gasteiger partial charge in [-0.05, 0) is 11.6 Å². The minimum absolute atomic E-state index is 0.0616. The number of H-pyrrole nitrogens is 1. The molecule has 4 rings (SSSR count). The second kappa shape index (κ2) is 8.92. The van der Waals surface area contributed by atoms with E-state index in [4.69, 9.17) is 4.74 Å². The number of rotatable bonds is 7. The molecule has 2 N–H and O–H groups in total. The predicted octanol–water partition coefficient (Wildman–Crippen LogP) is 4.08. The second-order valence-corrected chi connectivity index (χ2v) is 7.79. The van der Waals surface area contributed by atoms with Crippen molar-refractivity contribution in [2.24, 2.45) is 0 Å². The van der Waals surface area contributed by atoms with Crippen molar-refractivity contribution in [2.75, 3.05) is 0 Å². The normalized spacial score (nSPS) is 11.9. The highest BCUT2D eigenvalue weighted by Gasteiger charge is 2.23. The van der Waals surface area contributed by atoms with E-state index in [0.29, 0.717) is 12.1 Å². The molecule has 0 saturated carbocycles. The van der Waals surface area contributed by atoms with E-state index in [-0.39, 0.29) is 12.5 Å². The quantitative estimate of drug-likeness (QED) is 0.442. The summed E-state index contributed by atoms with van der Waals surface area (Å²) in [6.45, 7) is 1.45. The molecule has 0 bridgehead atoms. The largest absolute Gasteiger partial charge is 0.458 e. The average molecular weight is 420 g/mol. The SMILES string of the molecule is CC(=O)NC(Cc1c[nH]c2ccccc12)C(=O)OCc1csc(-c2ccccc2)n1. The van der Waals surface area contributed by atoms with Crippen LogP contribution in [0.25, 0.3) is 21.5 Å². The lowest BCUT2D eigenvalue weighted by Crippen LogP contribution is -2.42. The number of amides is 1. The molecule has 0 spiro atoms.